The molecule has 1 aromatic rings. The molecule has 0 heterocycles. The summed E-state index contributed by atoms with van der Waals surface area (Å²) in [7, 11) is 0. The molecule has 2 N–H and O–H groups in total. The van der Waals surface area contributed by atoms with Crippen LogP contribution >= 0.6 is 0 Å². The van der Waals surface area contributed by atoms with E-state index in [0.717, 1.165) is 24.1 Å². The van der Waals surface area contributed by atoms with Crippen molar-refractivity contribution in [3.8, 4) is 0 Å². The van der Waals surface area contributed by atoms with Gasteiger partial charge in [-0.05, 0) is 49.9 Å². The van der Waals surface area contributed by atoms with Crippen molar-refractivity contribution in [3.63, 3.8) is 0 Å². The van der Waals surface area contributed by atoms with Gasteiger partial charge in [0.25, 0.3) is 5.91 Å². The van der Waals surface area contributed by atoms with Gasteiger partial charge in [0.15, 0.2) is 0 Å². The maximum Gasteiger partial charge on any atom is 0.251 e. The fourth-order valence-corrected chi connectivity index (χ4v) is 2.44. The molecule has 3 nitrogen and oxygen atoms in total. The molecule has 1 aliphatic rings. The first kappa shape index (κ1) is 14.9. The lowest BCUT2D eigenvalue weighted by atomic mass is 10.1. The van der Waals surface area contributed by atoms with Gasteiger partial charge in [-0.3, -0.25) is 4.79 Å². The van der Waals surface area contributed by atoms with Crippen LogP contribution in [0.2, 0.25) is 0 Å². The maximum absolute atomic E-state index is 11.9. The number of anilines is 1. The van der Waals surface area contributed by atoms with Crippen LogP contribution < -0.4 is 10.6 Å². The van der Waals surface area contributed by atoms with Crippen molar-refractivity contribution < 1.29 is 4.79 Å². The molecule has 1 fully saturated rings. The highest BCUT2D eigenvalue weighted by Gasteiger charge is 2.23. The van der Waals surface area contributed by atoms with Crippen molar-refractivity contribution in [3.05, 3.63) is 29.8 Å². The molecule has 1 aromatic carbocycles. The third-order valence-electron chi connectivity index (χ3n) is 3.70. The normalized spacial score (nSPS) is 14.3. The lowest BCUT2D eigenvalue weighted by molar-refractivity contribution is 0.0951. The molecule has 0 saturated heterocycles. The van der Waals surface area contributed by atoms with E-state index in [4.69, 9.17) is 0 Å². The zero-order valence-electron chi connectivity index (χ0n) is 12.6. The fraction of sp³-hybridized carbons (Fsp3) is 0.588. The highest BCUT2D eigenvalue weighted by Crippen LogP contribution is 2.20. The molecule has 0 spiro atoms. The van der Waals surface area contributed by atoms with Crippen molar-refractivity contribution in [2.75, 3.05) is 5.32 Å². The third-order valence-corrected chi connectivity index (χ3v) is 3.70. The van der Waals surface area contributed by atoms with Gasteiger partial charge in [-0.25, -0.2) is 0 Å². The maximum atomic E-state index is 11.9. The van der Waals surface area contributed by atoms with Crippen LogP contribution in [0.15, 0.2) is 24.3 Å². The standard InChI is InChI=1S/C17H26N2O/c1-3-5-14(6-4-2)18-15-9-7-13(8-10-15)17(20)19-16-11-12-16/h7-10,14,16,18H,3-6,11-12H2,1-2H3,(H,19,20). The predicted molar refractivity (Wildman–Crippen MR) is 84.2 cm³/mol. The summed E-state index contributed by atoms with van der Waals surface area (Å²) in [5, 5.41) is 6.58. The fourth-order valence-electron chi connectivity index (χ4n) is 2.44. The molecule has 0 radical (unpaired) electrons. The highest BCUT2D eigenvalue weighted by molar-refractivity contribution is 5.94. The van der Waals surface area contributed by atoms with Crippen LogP contribution in [0, 0.1) is 0 Å². The lowest BCUT2D eigenvalue weighted by Crippen LogP contribution is -2.25. The Labute approximate surface area is 122 Å². The molecular formula is C17H26N2O. The zero-order valence-corrected chi connectivity index (χ0v) is 12.6. The van der Waals surface area contributed by atoms with Crippen molar-refractivity contribution in [2.24, 2.45) is 0 Å². The van der Waals surface area contributed by atoms with Crippen molar-refractivity contribution in [1.82, 2.24) is 5.32 Å². The molecule has 0 aromatic heterocycles. The van der Waals surface area contributed by atoms with E-state index < -0.39 is 0 Å². The van der Waals surface area contributed by atoms with Gasteiger partial charge in [0.1, 0.15) is 0 Å². The monoisotopic (exact) mass is 274 g/mol. The Morgan fingerprint density at radius 1 is 1.15 bits per heavy atom. The quantitative estimate of drug-likeness (QED) is 0.753. The number of hydrogen-bond donors (Lipinski definition) is 2. The summed E-state index contributed by atoms with van der Waals surface area (Å²) >= 11 is 0. The molecular weight excluding hydrogens is 248 g/mol. The summed E-state index contributed by atoms with van der Waals surface area (Å²) in [6.07, 6.45) is 7.02. The van der Waals surface area contributed by atoms with Gasteiger partial charge in [0.2, 0.25) is 0 Å². The Morgan fingerprint density at radius 3 is 2.25 bits per heavy atom. The molecule has 2 rings (SSSR count). The first-order chi connectivity index (χ1) is 9.72. The van der Waals surface area contributed by atoms with E-state index in [0.29, 0.717) is 12.1 Å². The van der Waals surface area contributed by atoms with Crippen molar-refractivity contribution in [1.29, 1.82) is 0 Å². The molecule has 0 atom stereocenters. The Balaban J connectivity index is 1.90. The van der Waals surface area contributed by atoms with Gasteiger partial charge >= 0.3 is 0 Å². The molecule has 0 unspecified atom stereocenters. The van der Waals surface area contributed by atoms with Crippen molar-refractivity contribution >= 4 is 11.6 Å². The summed E-state index contributed by atoms with van der Waals surface area (Å²) in [5.41, 5.74) is 1.87. The minimum Gasteiger partial charge on any atom is -0.382 e. The smallest absolute Gasteiger partial charge is 0.251 e. The third kappa shape index (κ3) is 4.55. The van der Waals surface area contributed by atoms with Crippen LogP contribution in [0.4, 0.5) is 5.69 Å². The van der Waals surface area contributed by atoms with Gasteiger partial charge in [0.05, 0.1) is 0 Å². The highest BCUT2D eigenvalue weighted by atomic mass is 16.1. The van der Waals surface area contributed by atoms with Crippen molar-refractivity contribution in [2.45, 2.75) is 64.5 Å². The van der Waals surface area contributed by atoms with Gasteiger partial charge in [-0.2, -0.15) is 0 Å². The lowest BCUT2D eigenvalue weighted by Gasteiger charge is -2.18. The number of rotatable bonds is 8. The minimum absolute atomic E-state index is 0.0534. The Morgan fingerprint density at radius 2 is 1.75 bits per heavy atom. The molecule has 20 heavy (non-hydrogen) atoms. The Bertz CT molecular complexity index is 417. The number of nitrogens with one attached hydrogen (secondary N) is 2. The number of amides is 1. The second-order valence-electron chi connectivity index (χ2n) is 5.74. The zero-order chi connectivity index (χ0) is 14.4. The van der Waals surface area contributed by atoms with Crippen LogP contribution in [-0.2, 0) is 0 Å². The summed E-state index contributed by atoms with van der Waals surface area (Å²) in [6, 6.07) is 8.81. The Hall–Kier alpha value is -1.51. The molecule has 1 aliphatic carbocycles. The average Bonchev–Trinajstić information content (AvgIpc) is 3.24. The number of hydrogen-bond acceptors (Lipinski definition) is 2. The molecule has 110 valence electrons. The van der Waals surface area contributed by atoms with E-state index in [1.54, 1.807) is 0 Å². The van der Waals surface area contributed by atoms with Crippen LogP contribution in [0.1, 0.15) is 62.7 Å². The molecule has 1 saturated carbocycles. The van der Waals surface area contributed by atoms with Crippen LogP contribution in [0.5, 0.6) is 0 Å². The van der Waals surface area contributed by atoms with Crippen LogP contribution in [0.3, 0.4) is 0 Å². The van der Waals surface area contributed by atoms with Gasteiger partial charge in [-0.1, -0.05) is 26.7 Å². The van der Waals surface area contributed by atoms with E-state index in [1.165, 1.54) is 25.7 Å². The minimum atomic E-state index is 0.0534. The SMILES string of the molecule is CCCC(CCC)Nc1ccc(C(=O)NC2CC2)cc1. The summed E-state index contributed by atoms with van der Waals surface area (Å²) in [4.78, 5) is 11.9. The summed E-state index contributed by atoms with van der Waals surface area (Å²) < 4.78 is 0. The second-order valence-corrected chi connectivity index (χ2v) is 5.74. The molecule has 0 aliphatic heterocycles. The second kappa shape index (κ2) is 7.32. The summed E-state index contributed by atoms with van der Waals surface area (Å²) in [6.45, 7) is 4.44. The first-order valence-corrected chi connectivity index (χ1v) is 7.90. The van der Waals surface area contributed by atoms with E-state index in [-0.39, 0.29) is 5.91 Å². The number of carbonyl (C=O) groups is 1. The average molecular weight is 274 g/mol. The largest absolute Gasteiger partial charge is 0.382 e. The predicted octanol–water partition coefficient (Wildman–Crippen LogP) is 3.96. The molecule has 3 heteroatoms. The molecule has 0 bridgehead atoms. The van der Waals surface area contributed by atoms with E-state index in [1.807, 2.05) is 24.3 Å². The van der Waals surface area contributed by atoms with Crippen LogP contribution in [0.25, 0.3) is 0 Å². The number of benzene rings is 1. The first-order valence-electron chi connectivity index (χ1n) is 7.90. The van der Waals surface area contributed by atoms with Crippen LogP contribution in [-0.4, -0.2) is 18.0 Å². The topological polar surface area (TPSA) is 41.1 Å². The van der Waals surface area contributed by atoms with E-state index in [9.17, 15) is 4.79 Å². The van der Waals surface area contributed by atoms with E-state index in [2.05, 4.69) is 24.5 Å². The molecule has 1 amide bonds. The summed E-state index contributed by atoms with van der Waals surface area (Å²) in [5.74, 6) is 0.0534. The van der Waals surface area contributed by atoms with Gasteiger partial charge in [-0.15, -0.1) is 0 Å². The Kier molecular flexibility index (Phi) is 5.45. The number of carbonyl (C=O) groups excluding carboxylic acids is 1. The van der Waals surface area contributed by atoms with Gasteiger partial charge in [0, 0.05) is 23.3 Å². The van der Waals surface area contributed by atoms with Gasteiger partial charge < -0.3 is 10.6 Å². The van der Waals surface area contributed by atoms with E-state index >= 15 is 0 Å².